The second kappa shape index (κ2) is 4.28. The zero-order chi connectivity index (χ0) is 8.15. The number of rotatable bonds is 3. The number of ether oxygens (including phenoxy) is 1. The molecule has 0 rings (SSSR count). The summed E-state index contributed by atoms with van der Waals surface area (Å²) in [4.78, 5) is 10.8. The molecule has 1 N–H and O–H groups in total. The standard InChI is InChI=1S/C7H14O3/c1-4-10-7(9)5(2)6(3)8/h5-6,8H,4H2,1-3H3/t5-,6+/m0/s1. The molecular weight excluding hydrogens is 132 g/mol. The van der Waals surface area contributed by atoms with Crippen LogP contribution in [-0.4, -0.2) is 23.8 Å². The molecule has 0 aromatic rings. The van der Waals surface area contributed by atoms with E-state index in [9.17, 15) is 4.79 Å². The number of esters is 1. The first kappa shape index (κ1) is 9.43. The Morgan fingerprint density at radius 3 is 2.40 bits per heavy atom. The predicted molar refractivity (Wildman–Crippen MR) is 37.5 cm³/mol. The van der Waals surface area contributed by atoms with Crippen molar-refractivity contribution in [1.29, 1.82) is 0 Å². The van der Waals surface area contributed by atoms with Crippen molar-refractivity contribution in [2.75, 3.05) is 6.61 Å². The minimum atomic E-state index is -0.626. The molecule has 0 fully saturated rings. The van der Waals surface area contributed by atoms with Crippen molar-refractivity contribution in [1.82, 2.24) is 0 Å². The number of hydrogen-bond donors (Lipinski definition) is 1. The van der Waals surface area contributed by atoms with Gasteiger partial charge in [-0.05, 0) is 20.8 Å². The molecule has 3 heteroatoms. The van der Waals surface area contributed by atoms with Crippen LogP contribution in [0, 0.1) is 5.92 Å². The lowest BCUT2D eigenvalue weighted by Crippen LogP contribution is -2.24. The Labute approximate surface area is 61.0 Å². The molecule has 0 aliphatic carbocycles. The lowest BCUT2D eigenvalue weighted by atomic mass is 10.1. The average Bonchev–Trinajstić information content (AvgIpc) is 1.87. The third-order valence-corrected chi connectivity index (χ3v) is 1.38. The maximum Gasteiger partial charge on any atom is 0.311 e. The van der Waals surface area contributed by atoms with Gasteiger partial charge in [0.25, 0.3) is 0 Å². The molecule has 2 atom stereocenters. The Bertz CT molecular complexity index is 109. The van der Waals surface area contributed by atoms with Gasteiger partial charge < -0.3 is 9.84 Å². The normalized spacial score (nSPS) is 16.0. The summed E-state index contributed by atoms with van der Waals surface area (Å²) in [5.41, 5.74) is 0. The summed E-state index contributed by atoms with van der Waals surface area (Å²) in [5.74, 6) is -0.752. The quantitative estimate of drug-likeness (QED) is 0.592. The van der Waals surface area contributed by atoms with Crippen molar-refractivity contribution in [3.8, 4) is 0 Å². The van der Waals surface area contributed by atoms with E-state index in [4.69, 9.17) is 5.11 Å². The van der Waals surface area contributed by atoms with Gasteiger partial charge in [-0.15, -0.1) is 0 Å². The van der Waals surface area contributed by atoms with Crippen LogP contribution in [0.2, 0.25) is 0 Å². The fourth-order valence-electron chi connectivity index (χ4n) is 0.471. The van der Waals surface area contributed by atoms with Crippen molar-refractivity contribution in [2.45, 2.75) is 26.9 Å². The second-order valence-corrected chi connectivity index (χ2v) is 2.28. The summed E-state index contributed by atoms with van der Waals surface area (Å²) in [6.07, 6.45) is -0.626. The number of carbonyl (C=O) groups excluding carboxylic acids is 1. The van der Waals surface area contributed by atoms with Gasteiger partial charge in [0.15, 0.2) is 0 Å². The largest absolute Gasteiger partial charge is 0.466 e. The van der Waals surface area contributed by atoms with E-state index >= 15 is 0 Å². The van der Waals surface area contributed by atoms with E-state index in [1.54, 1.807) is 20.8 Å². The summed E-state index contributed by atoms with van der Waals surface area (Å²) in [7, 11) is 0. The average molecular weight is 146 g/mol. The first-order chi connectivity index (χ1) is 4.59. The number of hydrogen-bond acceptors (Lipinski definition) is 3. The van der Waals surface area contributed by atoms with Crippen LogP contribution in [-0.2, 0) is 9.53 Å². The van der Waals surface area contributed by atoms with Crippen LogP contribution < -0.4 is 0 Å². The molecular formula is C7H14O3. The van der Waals surface area contributed by atoms with Crippen LogP contribution in [0.5, 0.6) is 0 Å². The summed E-state index contributed by atoms with van der Waals surface area (Å²) < 4.78 is 4.67. The molecule has 0 radical (unpaired) electrons. The maximum absolute atomic E-state index is 10.8. The van der Waals surface area contributed by atoms with Crippen molar-refractivity contribution in [2.24, 2.45) is 5.92 Å². The fourth-order valence-corrected chi connectivity index (χ4v) is 0.471. The minimum absolute atomic E-state index is 0.336. The SMILES string of the molecule is CCOC(=O)[C@@H](C)[C@@H](C)O. The summed E-state index contributed by atoms with van der Waals surface area (Å²) >= 11 is 0. The van der Waals surface area contributed by atoms with Gasteiger partial charge in [0.1, 0.15) is 0 Å². The first-order valence-electron chi connectivity index (χ1n) is 3.44. The van der Waals surface area contributed by atoms with E-state index in [0.29, 0.717) is 6.61 Å². The molecule has 0 aromatic heterocycles. The van der Waals surface area contributed by atoms with Gasteiger partial charge in [0.05, 0.1) is 18.6 Å². The van der Waals surface area contributed by atoms with Gasteiger partial charge in [0, 0.05) is 0 Å². The molecule has 10 heavy (non-hydrogen) atoms. The van der Waals surface area contributed by atoms with Crippen LogP contribution in [0.1, 0.15) is 20.8 Å². The monoisotopic (exact) mass is 146 g/mol. The number of aliphatic hydroxyl groups excluding tert-OH is 1. The van der Waals surface area contributed by atoms with E-state index < -0.39 is 12.0 Å². The Balaban J connectivity index is 3.71. The topological polar surface area (TPSA) is 46.5 Å². The van der Waals surface area contributed by atoms with Crippen molar-refractivity contribution < 1.29 is 14.6 Å². The van der Waals surface area contributed by atoms with Crippen LogP contribution in [0.3, 0.4) is 0 Å². The highest BCUT2D eigenvalue weighted by atomic mass is 16.5. The van der Waals surface area contributed by atoms with Gasteiger partial charge >= 0.3 is 5.97 Å². The van der Waals surface area contributed by atoms with Gasteiger partial charge in [-0.25, -0.2) is 0 Å². The van der Waals surface area contributed by atoms with Crippen LogP contribution in [0.4, 0.5) is 0 Å². The van der Waals surface area contributed by atoms with Crippen molar-refractivity contribution in [3.63, 3.8) is 0 Å². The van der Waals surface area contributed by atoms with E-state index in [1.165, 1.54) is 0 Å². The van der Waals surface area contributed by atoms with Gasteiger partial charge in [-0.2, -0.15) is 0 Å². The second-order valence-electron chi connectivity index (χ2n) is 2.28. The lowest BCUT2D eigenvalue weighted by molar-refractivity contribution is -0.150. The molecule has 60 valence electrons. The van der Waals surface area contributed by atoms with Crippen LogP contribution in [0.15, 0.2) is 0 Å². The van der Waals surface area contributed by atoms with Gasteiger partial charge in [-0.1, -0.05) is 0 Å². The molecule has 0 saturated heterocycles. The zero-order valence-electron chi connectivity index (χ0n) is 6.63. The maximum atomic E-state index is 10.8. The molecule has 0 spiro atoms. The van der Waals surface area contributed by atoms with Crippen LogP contribution >= 0.6 is 0 Å². The van der Waals surface area contributed by atoms with E-state index in [1.807, 2.05) is 0 Å². The van der Waals surface area contributed by atoms with E-state index in [2.05, 4.69) is 4.74 Å². The lowest BCUT2D eigenvalue weighted by Gasteiger charge is -2.11. The molecule has 0 amide bonds. The van der Waals surface area contributed by atoms with Gasteiger partial charge in [0.2, 0.25) is 0 Å². The smallest absolute Gasteiger partial charge is 0.311 e. The van der Waals surface area contributed by atoms with E-state index in [0.717, 1.165) is 0 Å². The highest BCUT2D eigenvalue weighted by Crippen LogP contribution is 2.03. The number of aliphatic hydroxyl groups is 1. The summed E-state index contributed by atoms with van der Waals surface area (Å²) in [6.45, 7) is 5.33. The Hall–Kier alpha value is -0.570. The third-order valence-electron chi connectivity index (χ3n) is 1.38. The molecule has 0 aliphatic heterocycles. The predicted octanol–water partition coefficient (Wildman–Crippen LogP) is 0.566. The molecule has 0 heterocycles. The minimum Gasteiger partial charge on any atom is -0.466 e. The Morgan fingerprint density at radius 2 is 2.10 bits per heavy atom. The molecule has 3 nitrogen and oxygen atoms in total. The molecule has 0 unspecified atom stereocenters. The van der Waals surface area contributed by atoms with E-state index in [-0.39, 0.29) is 5.97 Å². The van der Waals surface area contributed by atoms with Crippen LogP contribution in [0.25, 0.3) is 0 Å². The van der Waals surface area contributed by atoms with Crippen molar-refractivity contribution >= 4 is 5.97 Å². The summed E-state index contributed by atoms with van der Waals surface area (Å²) in [5, 5.41) is 8.92. The first-order valence-corrected chi connectivity index (χ1v) is 3.44. The summed E-state index contributed by atoms with van der Waals surface area (Å²) in [6, 6.07) is 0. The highest BCUT2D eigenvalue weighted by molar-refractivity contribution is 5.72. The fraction of sp³-hybridized carbons (Fsp3) is 0.857. The highest BCUT2D eigenvalue weighted by Gasteiger charge is 2.18. The zero-order valence-corrected chi connectivity index (χ0v) is 6.63. The molecule has 0 aromatic carbocycles. The Kier molecular flexibility index (Phi) is 4.03. The number of carbonyl (C=O) groups is 1. The van der Waals surface area contributed by atoms with Crippen molar-refractivity contribution in [3.05, 3.63) is 0 Å². The molecule has 0 bridgehead atoms. The Morgan fingerprint density at radius 1 is 1.60 bits per heavy atom. The third kappa shape index (κ3) is 2.82. The molecule has 0 saturated carbocycles. The molecule has 0 aliphatic rings. The van der Waals surface area contributed by atoms with Gasteiger partial charge in [-0.3, -0.25) is 4.79 Å².